The summed E-state index contributed by atoms with van der Waals surface area (Å²) in [6.45, 7) is 6.04. The van der Waals surface area contributed by atoms with Gasteiger partial charge >= 0.3 is 0 Å². The highest BCUT2D eigenvalue weighted by atomic mass is 16.5. The lowest BCUT2D eigenvalue weighted by Crippen LogP contribution is -2.24. The van der Waals surface area contributed by atoms with Crippen molar-refractivity contribution >= 4 is 12.1 Å². The third-order valence-electron chi connectivity index (χ3n) is 4.45. The van der Waals surface area contributed by atoms with E-state index in [0.29, 0.717) is 5.75 Å². The molecule has 1 amide bonds. The largest absolute Gasteiger partial charge is 0.484 e. The van der Waals surface area contributed by atoms with Crippen molar-refractivity contribution in [3.63, 3.8) is 0 Å². The lowest BCUT2D eigenvalue weighted by Gasteiger charge is -2.08. The maximum atomic E-state index is 12.0. The highest BCUT2D eigenvalue weighted by Gasteiger charge is 2.04. The van der Waals surface area contributed by atoms with Gasteiger partial charge in [-0.15, -0.1) is 0 Å². The van der Waals surface area contributed by atoms with E-state index in [0.717, 1.165) is 27.8 Å². The Morgan fingerprint density at radius 2 is 1.54 bits per heavy atom. The van der Waals surface area contributed by atoms with E-state index in [1.165, 1.54) is 5.56 Å². The van der Waals surface area contributed by atoms with E-state index in [-0.39, 0.29) is 12.5 Å². The first kappa shape index (κ1) is 19.4. The minimum absolute atomic E-state index is 0.0894. The van der Waals surface area contributed by atoms with Crippen LogP contribution in [0.1, 0.15) is 22.3 Å². The summed E-state index contributed by atoms with van der Waals surface area (Å²) in [6.07, 6.45) is 1.68. The number of carbonyl (C=O) groups excluding carboxylic acids is 1. The molecule has 0 bridgehead atoms. The number of ether oxygens (including phenoxy) is 1. The number of carbonyl (C=O) groups is 1. The van der Waals surface area contributed by atoms with Gasteiger partial charge in [-0.25, -0.2) is 5.43 Å². The molecule has 0 saturated carbocycles. The summed E-state index contributed by atoms with van der Waals surface area (Å²) in [7, 11) is 0. The van der Waals surface area contributed by atoms with Crippen LogP contribution in [0, 0.1) is 20.8 Å². The number of hydrazone groups is 1. The van der Waals surface area contributed by atoms with Gasteiger partial charge in [-0.1, -0.05) is 60.2 Å². The number of amides is 1. The number of nitrogens with zero attached hydrogens (tertiary/aromatic N) is 1. The number of hydrogen-bond acceptors (Lipinski definition) is 3. The number of nitrogens with one attached hydrogen (secondary N) is 1. The molecular formula is C24H24N2O2. The fourth-order valence-electron chi connectivity index (χ4n) is 3.12. The number of rotatable bonds is 6. The van der Waals surface area contributed by atoms with Crippen LogP contribution in [0.4, 0.5) is 0 Å². The SMILES string of the molecule is Cc1cc(C)c(C=NNC(=O)COc2ccc(-c3ccccc3)cc2)c(C)c1. The summed E-state index contributed by atoms with van der Waals surface area (Å²) in [5, 5.41) is 4.05. The van der Waals surface area contributed by atoms with Gasteiger partial charge in [-0.05, 0) is 55.2 Å². The molecule has 1 N–H and O–H groups in total. The Labute approximate surface area is 165 Å². The van der Waals surface area contributed by atoms with E-state index in [2.05, 4.69) is 41.7 Å². The molecule has 0 unspecified atom stereocenters. The van der Waals surface area contributed by atoms with E-state index in [9.17, 15) is 4.79 Å². The van der Waals surface area contributed by atoms with Gasteiger partial charge in [0.2, 0.25) is 0 Å². The second-order valence-electron chi connectivity index (χ2n) is 6.78. The van der Waals surface area contributed by atoms with Gasteiger partial charge in [0.1, 0.15) is 5.75 Å². The van der Waals surface area contributed by atoms with E-state index >= 15 is 0 Å². The summed E-state index contributed by atoms with van der Waals surface area (Å²) in [6, 6.07) is 22.0. The van der Waals surface area contributed by atoms with Crippen molar-refractivity contribution in [1.82, 2.24) is 5.43 Å². The third kappa shape index (κ3) is 5.07. The van der Waals surface area contributed by atoms with Crippen molar-refractivity contribution in [3.05, 3.63) is 89.0 Å². The second-order valence-corrected chi connectivity index (χ2v) is 6.78. The van der Waals surface area contributed by atoms with Crippen LogP contribution in [-0.2, 0) is 4.79 Å². The average molecular weight is 372 g/mol. The van der Waals surface area contributed by atoms with Gasteiger partial charge in [0, 0.05) is 5.56 Å². The third-order valence-corrected chi connectivity index (χ3v) is 4.45. The van der Waals surface area contributed by atoms with Gasteiger partial charge in [-0.3, -0.25) is 4.79 Å². The normalized spacial score (nSPS) is 10.8. The minimum Gasteiger partial charge on any atom is -0.484 e. The van der Waals surface area contributed by atoms with Crippen molar-refractivity contribution in [2.45, 2.75) is 20.8 Å². The Morgan fingerprint density at radius 1 is 0.929 bits per heavy atom. The van der Waals surface area contributed by atoms with Crippen molar-refractivity contribution < 1.29 is 9.53 Å². The van der Waals surface area contributed by atoms with Crippen LogP contribution in [0.2, 0.25) is 0 Å². The molecule has 0 aromatic heterocycles. The molecule has 0 radical (unpaired) electrons. The molecule has 3 aromatic carbocycles. The van der Waals surface area contributed by atoms with Gasteiger partial charge < -0.3 is 4.74 Å². The van der Waals surface area contributed by atoms with Crippen LogP contribution >= 0.6 is 0 Å². The Kier molecular flexibility index (Phi) is 6.22. The molecule has 0 heterocycles. The first-order valence-corrected chi connectivity index (χ1v) is 9.21. The first-order chi connectivity index (χ1) is 13.5. The summed E-state index contributed by atoms with van der Waals surface area (Å²) >= 11 is 0. The molecule has 28 heavy (non-hydrogen) atoms. The lowest BCUT2D eigenvalue weighted by atomic mass is 10.0. The molecular weight excluding hydrogens is 348 g/mol. The van der Waals surface area contributed by atoms with Crippen LogP contribution in [0.15, 0.2) is 71.8 Å². The molecule has 3 rings (SSSR count). The van der Waals surface area contributed by atoms with Crippen LogP contribution in [0.5, 0.6) is 5.75 Å². The van der Waals surface area contributed by atoms with Crippen LogP contribution in [0.3, 0.4) is 0 Å². The maximum absolute atomic E-state index is 12.0. The summed E-state index contributed by atoms with van der Waals surface area (Å²) < 4.78 is 5.54. The van der Waals surface area contributed by atoms with Crippen molar-refractivity contribution in [3.8, 4) is 16.9 Å². The van der Waals surface area contributed by atoms with Crippen molar-refractivity contribution in [2.24, 2.45) is 5.10 Å². The molecule has 3 aromatic rings. The number of hydrogen-bond donors (Lipinski definition) is 1. The van der Waals surface area contributed by atoms with Crippen LogP contribution in [-0.4, -0.2) is 18.7 Å². The molecule has 0 spiro atoms. The minimum atomic E-state index is -0.300. The highest BCUT2D eigenvalue weighted by molar-refractivity contribution is 5.85. The molecule has 0 aliphatic rings. The second kappa shape index (κ2) is 9.00. The van der Waals surface area contributed by atoms with Crippen molar-refractivity contribution in [1.29, 1.82) is 0 Å². The van der Waals surface area contributed by atoms with Crippen LogP contribution in [0.25, 0.3) is 11.1 Å². The fourth-order valence-corrected chi connectivity index (χ4v) is 3.12. The van der Waals surface area contributed by atoms with E-state index in [4.69, 9.17) is 4.74 Å². The van der Waals surface area contributed by atoms with E-state index in [1.54, 1.807) is 6.21 Å². The van der Waals surface area contributed by atoms with Gasteiger partial charge in [0.05, 0.1) is 6.21 Å². The van der Waals surface area contributed by atoms with Gasteiger partial charge in [0.25, 0.3) is 5.91 Å². The lowest BCUT2D eigenvalue weighted by molar-refractivity contribution is -0.123. The summed E-state index contributed by atoms with van der Waals surface area (Å²) in [5.74, 6) is 0.342. The summed E-state index contributed by atoms with van der Waals surface area (Å²) in [5.41, 5.74) is 9.25. The Balaban J connectivity index is 1.52. The molecule has 0 atom stereocenters. The van der Waals surface area contributed by atoms with Gasteiger partial charge in [0.15, 0.2) is 6.61 Å². The van der Waals surface area contributed by atoms with Gasteiger partial charge in [-0.2, -0.15) is 5.10 Å². The first-order valence-electron chi connectivity index (χ1n) is 9.21. The standard InChI is InChI=1S/C24H24N2O2/c1-17-13-18(2)23(19(3)14-17)15-25-26-24(27)16-28-22-11-9-21(10-12-22)20-7-5-4-6-8-20/h4-15H,16H2,1-3H3,(H,26,27). The number of benzene rings is 3. The average Bonchev–Trinajstić information content (AvgIpc) is 2.69. The molecule has 4 nitrogen and oxygen atoms in total. The zero-order valence-electron chi connectivity index (χ0n) is 16.4. The predicted octanol–water partition coefficient (Wildman–Crippen LogP) is 4.81. The molecule has 0 aliphatic heterocycles. The van der Waals surface area contributed by atoms with Crippen LogP contribution < -0.4 is 10.2 Å². The quantitative estimate of drug-likeness (QED) is 0.499. The Bertz CT molecular complexity index is 954. The molecule has 0 aliphatic carbocycles. The predicted molar refractivity (Wildman–Crippen MR) is 114 cm³/mol. The smallest absolute Gasteiger partial charge is 0.277 e. The zero-order chi connectivity index (χ0) is 19.9. The van der Waals surface area contributed by atoms with Crippen molar-refractivity contribution in [2.75, 3.05) is 6.61 Å². The Hall–Kier alpha value is -3.40. The van der Waals surface area contributed by atoms with E-state index < -0.39 is 0 Å². The zero-order valence-corrected chi connectivity index (χ0v) is 16.4. The van der Waals surface area contributed by atoms with E-state index in [1.807, 2.05) is 56.3 Å². The number of aryl methyl sites for hydroxylation is 3. The maximum Gasteiger partial charge on any atom is 0.277 e. The fraction of sp³-hybridized carbons (Fsp3) is 0.167. The monoisotopic (exact) mass is 372 g/mol. The molecule has 142 valence electrons. The molecule has 4 heteroatoms. The molecule has 0 fully saturated rings. The Morgan fingerprint density at radius 3 is 2.18 bits per heavy atom. The topological polar surface area (TPSA) is 50.7 Å². The highest BCUT2D eigenvalue weighted by Crippen LogP contribution is 2.22. The summed E-state index contributed by atoms with van der Waals surface area (Å²) in [4.78, 5) is 12.0. The molecule has 0 saturated heterocycles.